The Morgan fingerprint density at radius 3 is 1.79 bits per heavy atom. The number of hydrogen-bond acceptors (Lipinski definition) is 12. The molecule has 0 aromatic heterocycles. The number of fused-ring (bicyclic) bond motifs is 1. The first-order valence-corrected chi connectivity index (χ1v) is 36.6. The first-order valence-electron chi connectivity index (χ1n) is 36.2. The van der Waals surface area contributed by atoms with Crippen molar-refractivity contribution in [1.29, 1.82) is 0 Å². The van der Waals surface area contributed by atoms with Crippen molar-refractivity contribution in [3.05, 3.63) is 34.3 Å². The van der Waals surface area contributed by atoms with Crippen LogP contribution >= 0.6 is 11.6 Å². The molecule has 1 spiro atoms. The van der Waals surface area contributed by atoms with Gasteiger partial charge in [-0.2, -0.15) is 26.3 Å². The fourth-order valence-corrected chi connectivity index (χ4v) is 15.9. The fourth-order valence-electron chi connectivity index (χ4n) is 15.6. The molecule has 0 bridgehead atoms. The maximum absolute atomic E-state index is 15.7. The molecule has 31 heteroatoms. The van der Waals surface area contributed by atoms with Gasteiger partial charge in [0, 0.05) is 69.0 Å². The zero-order valence-corrected chi connectivity index (χ0v) is 61.3. The summed E-state index contributed by atoms with van der Waals surface area (Å²) in [5, 5.41) is 7.57. The number of aryl methyl sites for hydroxylation is 1. The summed E-state index contributed by atoms with van der Waals surface area (Å²) in [6, 6.07) is -7.77. The van der Waals surface area contributed by atoms with E-state index in [1.54, 1.807) is 13.8 Å². The highest BCUT2D eigenvalue weighted by molar-refractivity contribution is 6.31. The van der Waals surface area contributed by atoms with Crippen LogP contribution in [0.3, 0.4) is 0 Å². The lowest BCUT2D eigenvalue weighted by Gasteiger charge is -2.43. The Balaban J connectivity index is 1.30. The summed E-state index contributed by atoms with van der Waals surface area (Å²) < 4.78 is 86.0. The van der Waals surface area contributed by atoms with Gasteiger partial charge in [-0.15, -0.1) is 0 Å². The predicted molar refractivity (Wildman–Crippen MR) is 365 cm³/mol. The van der Waals surface area contributed by atoms with Crippen LogP contribution < -0.4 is 16.0 Å². The summed E-state index contributed by atoms with van der Waals surface area (Å²) in [5.41, 5.74) is -2.49. The van der Waals surface area contributed by atoms with Crippen molar-refractivity contribution >= 4 is 82.5 Å². The van der Waals surface area contributed by atoms with Crippen molar-refractivity contribution in [3.63, 3.8) is 0 Å². The Hall–Kier alpha value is -7.27. The minimum Gasteiger partial charge on any atom is -0.343 e. The van der Waals surface area contributed by atoms with Crippen LogP contribution in [0.5, 0.6) is 0 Å². The number of halogens is 7. The van der Waals surface area contributed by atoms with Crippen molar-refractivity contribution in [2.24, 2.45) is 17.8 Å². The maximum atomic E-state index is 15.7. The van der Waals surface area contributed by atoms with Gasteiger partial charge in [-0.05, 0) is 112 Å². The molecular formula is C71H105ClF6N12O12. The number of nitrogens with one attached hydrogen (secondary N) is 3. The quantitative estimate of drug-likeness (QED) is 0.217. The molecule has 3 N–H and O–H groups in total. The Labute approximate surface area is 599 Å². The van der Waals surface area contributed by atoms with Gasteiger partial charge in [-0.25, -0.2) is 0 Å². The first-order chi connectivity index (χ1) is 48.0. The topological polar surface area (TPSA) is 270 Å². The summed E-state index contributed by atoms with van der Waals surface area (Å²) >= 11 is 6.14. The molecule has 102 heavy (non-hydrogen) atoms. The van der Waals surface area contributed by atoms with Crippen molar-refractivity contribution in [3.8, 4) is 0 Å². The molecule has 1 aromatic rings. The van der Waals surface area contributed by atoms with Crippen molar-refractivity contribution in [1.82, 2.24) is 60.0 Å². The molecular weight excluding hydrogens is 1360 g/mol. The van der Waals surface area contributed by atoms with Crippen LogP contribution in [0.25, 0.3) is 0 Å². The van der Waals surface area contributed by atoms with E-state index in [1.807, 2.05) is 0 Å². The maximum Gasteiger partial charge on any atom is 0.417 e. The van der Waals surface area contributed by atoms with E-state index in [1.165, 1.54) is 68.0 Å². The number of piperidine rings is 1. The molecule has 6 aliphatic rings. The molecule has 8 atom stereocenters. The zero-order valence-electron chi connectivity index (χ0n) is 60.5. The van der Waals surface area contributed by atoms with Crippen LogP contribution in [0.4, 0.5) is 26.3 Å². The molecule has 3 aliphatic carbocycles. The second-order valence-corrected chi connectivity index (χ2v) is 29.8. The number of rotatable bonds is 10. The lowest BCUT2D eigenvalue weighted by atomic mass is 9.81. The van der Waals surface area contributed by atoms with E-state index < -0.39 is 186 Å². The summed E-state index contributed by atoms with van der Waals surface area (Å²) in [7, 11) is 8.85. The van der Waals surface area contributed by atoms with Gasteiger partial charge in [0.1, 0.15) is 47.8 Å². The highest BCUT2D eigenvalue weighted by atomic mass is 35.5. The number of likely N-dealkylation sites (tertiary alicyclic amines) is 1. The molecule has 3 saturated heterocycles. The Morgan fingerprint density at radius 1 is 0.608 bits per heavy atom. The van der Waals surface area contributed by atoms with E-state index in [9.17, 15) is 64.7 Å². The average Bonchev–Trinajstić information content (AvgIpc) is 1.34. The highest BCUT2D eigenvalue weighted by Gasteiger charge is 2.52. The van der Waals surface area contributed by atoms with Gasteiger partial charge < -0.3 is 60.0 Å². The average molecular weight is 1470 g/mol. The minimum absolute atomic E-state index is 0.0114. The molecule has 0 radical (unpaired) electrons. The van der Waals surface area contributed by atoms with E-state index in [-0.39, 0.29) is 82.5 Å². The SMILES string of the molecule is CC[C@H](C)[C@@H]1NC(=O)[C@H](CC(F)(F)F)N(C)C(=O)C[C@@H](C(=O)N2CCCCC2)N(C)C(=O)[C@H](C2CCCCC2)N(C)C(=O)C2(CCCC2)NC(=O)C2CCCN2C(=O)[C@H](CCc2ccc(C(F)(F)F)c(Cl)c2)NC(=O)CN(C)C(=O)[C@H](CC2CCCCC2)N(C)C(=O)CN(C)C(=O)CN(C)C1=O. The Kier molecular flexibility index (Phi) is 28.9. The van der Waals surface area contributed by atoms with Crippen molar-refractivity contribution in [2.75, 3.05) is 88.6 Å². The van der Waals surface area contributed by atoms with Gasteiger partial charge in [0.05, 0.1) is 43.1 Å². The number of likely N-dealkylation sites (N-methyl/N-ethyl adjacent to an activating group) is 7. The van der Waals surface area contributed by atoms with Gasteiger partial charge in [0.2, 0.25) is 70.9 Å². The number of hydrogen-bond donors (Lipinski definition) is 3. The standard InChI is InChI=1S/C71H105ClF6N12O12/c1-10-44(2)59-66(100)84(5)42-57(93)82(3)43-58(94)85(6)52(38-45-23-14-11-15-24-45)64(98)83(4)41-55(91)79-50(31-29-46-28-30-48(49(72)37-46)71(76,77)78)63(97)90-36-22-27-51(90)62(96)81-69(32-18-19-33-69)68(102)88(9)60(47-25-16-12-17-26-47)67(101)87(8)53(65(99)89-34-20-13-21-35-89)39-56(92)86(7)54(61(95)80-59)40-70(73,74)75/h28,30,37,44-45,47,50-54,59-60H,10-27,29,31-36,38-43H2,1-9H3,(H,79,91)(H,80,95)(H,81,96)/t44-,50-,51?,52-,53-,54-,59-,60-/m0/s1. The lowest BCUT2D eigenvalue weighted by molar-refractivity contribution is -0.163. The van der Waals surface area contributed by atoms with Crippen LogP contribution in [0.1, 0.15) is 179 Å². The highest BCUT2D eigenvalue weighted by Crippen LogP contribution is 2.39. The summed E-state index contributed by atoms with van der Waals surface area (Å²) in [6.45, 7) is 1.63. The number of nitrogens with zero attached hydrogens (tertiary/aromatic N) is 9. The number of amides is 12. The smallest absolute Gasteiger partial charge is 0.343 e. The van der Waals surface area contributed by atoms with Gasteiger partial charge in [-0.1, -0.05) is 102 Å². The molecule has 6 fully saturated rings. The van der Waals surface area contributed by atoms with E-state index in [4.69, 9.17) is 11.6 Å². The van der Waals surface area contributed by atoms with Crippen LogP contribution in [0.2, 0.25) is 5.02 Å². The molecule has 3 heterocycles. The molecule has 3 aliphatic heterocycles. The molecule has 3 saturated carbocycles. The monoisotopic (exact) mass is 1470 g/mol. The fraction of sp³-hybridized carbons (Fsp3) is 0.746. The van der Waals surface area contributed by atoms with Crippen LogP contribution in [0, 0.1) is 17.8 Å². The molecule has 12 amide bonds. The third-order valence-corrected chi connectivity index (χ3v) is 22.4. The first kappa shape index (κ1) is 82.0. The van der Waals surface area contributed by atoms with Gasteiger partial charge in [0.15, 0.2) is 0 Å². The van der Waals surface area contributed by atoms with Crippen molar-refractivity contribution in [2.45, 2.75) is 235 Å². The normalized spacial score (nSPS) is 26.8. The number of benzene rings is 1. The second kappa shape index (κ2) is 36.0. The van der Waals surface area contributed by atoms with Gasteiger partial charge >= 0.3 is 12.4 Å². The lowest BCUT2D eigenvalue weighted by Crippen LogP contribution is -2.65. The van der Waals surface area contributed by atoms with Gasteiger partial charge in [-0.3, -0.25) is 57.5 Å². The van der Waals surface area contributed by atoms with E-state index in [0.717, 1.165) is 83.7 Å². The molecule has 24 nitrogen and oxygen atoms in total. The van der Waals surface area contributed by atoms with Crippen LogP contribution in [0.15, 0.2) is 18.2 Å². The largest absolute Gasteiger partial charge is 0.417 e. The number of alkyl halides is 6. The Morgan fingerprint density at radius 2 is 1.20 bits per heavy atom. The molecule has 7 rings (SSSR count). The third-order valence-electron chi connectivity index (χ3n) is 22.1. The Bertz CT molecular complexity index is 3190. The van der Waals surface area contributed by atoms with Crippen molar-refractivity contribution < 1.29 is 83.9 Å². The second-order valence-electron chi connectivity index (χ2n) is 29.4. The minimum atomic E-state index is -5.10. The number of carbonyl (C=O) groups is 12. The third kappa shape index (κ3) is 20.8. The summed E-state index contributed by atoms with van der Waals surface area (Å²) in [6.07, 6.45) is -2.28. The van der Waals surface area contributed by atoms with Crippen LogP contribution in [-0.4, -0.2) is 258 Å². The number of carbonyl (C=O) groups excluding carboxylic acids is 12. The molecule has 1 aromatic carbocycles. The molecule has 570 valence electrons. The van der Waals surface area contributed by atoms with E-state index in [0.29, 0.717) is 56.3 Å². The zero-order chi connectivity index (χ0) is 75.3. The van der Waals surface area contributed by atoms with Gasteiger partial charge in [0.25, 0.3) is 0 Å². The van der Waals surface area contributed by atoms with E-state index >= 15 is 19.2 Å². The van der Waals surface area contributed by atoms with E-state index in [2.05, 4.69) is 16.0 Å². The van der Waals surface area contributed by atoms with Crippen LogP contribution in [-0.2, 0) is 70.1 Å². The molecule has 1 unspecified atom stereocenters. The predicted octanol–water partition coefficient (Wildman–Crippen LogP) is 6.33. The summed E-state index contributed by atoms with van der Waals surface area (Å²) in [5.74, 6) is -11.5. The summed E-state index contributed by atoms with van der Waals surface area (Å²) in [4.78, 5) is 188.